The van der Waals surface area contributed by atoms with E-state index in [-0.39, 0.29) is 6.42 Å². The Morgan fingerprint density at radius 2 is 0.920 bits per heavy atom. The lowest BCUT2D eigenvalue weighted by Gasteiger charge is -2.11. The van der Waals surface area contributed by atoms with E-state index in [0.717, 1.165) is 19.3 Å². The van der Waals surface area contributed by atoms with Crippen molar-refractivity contribution >= 4 is 0 Å². The molecule has 2 N–H and O–H groups in total. The average molecular weight is 360 g/mol. The SMILES string of the molecule is CCCCCCCCCCCCCCCCCCCC(O)(O)[N+](=O)[O-]. The minimum absolute atomic E-state index is 0.182. The Kier molecular flexibility index (Phi) is 16.3. The highest BCUT2D eigenvalue weighted by Crippen LogP contribution is 2.16. The third kappa shape index (κ3) is 16.5. The largest absolute Gasteiger partial charge is 0.437 e. The summed E-state index contributed by atoms with van der Waals surface area (Å²) in [5.74, 6) is -2.74. The van der Waals surface area contributed by atoms with Crippen LogP contribution in [0.2, 0.25) is 0 Å². The summed E-state index contributed by atoms with van der Waals surface area (Å²) < 4.78 is 0. The lowest BCUT2D eigenvalue weighted by Crippen LogP contribution is -2.37. The Labute approximate surface area is 154 Å². The lowest BCUT2D eigenvalue weighted by molar-refractivity contribution is -0.684. The number of nitrogens with zero attached hydrogens (tertiary/aromatic N) is 1. The van der Waals surface area contributed by atoms with Crippen molar-refractivity contribution in [1.29, 1.82) is 0 Å². The van der Waals surface area contributed by atoms with Crippen molar-refractivity contribution in [2.24, 2.45) is 0 Å². The van der Waals surface area contributed by atoms with Gasteiger partial charge in [-0.2, -0.15) is 0 Å². The van der Waals surface area contributed by atoms with Crippen LogP contribution in [0.3, 0.4) is 0 Å². The fraction of sp³-hybridized carbons (Fsp3) is 1.00. The van der Waals surface area contributed by atoms with Crippen molar-refractivity contribution < 1.29 is 15.1 Å². The summed E-state index contributed by atoms with van der Waals surface area (Å²) in [5, 5.41) is 28.5. The van der Waals surface area contributed by atoms with Crippen LogP contribution < -0.4 is 0 Å². The Morgan fingerprint density at radius 3 is 1.20 bits per heavy atom. The second-order valence-corrected chi connectivity index (χ2v) is 7.44. The summed E-state index contributed by atoms with van der Waals surface area (Å²) in [6.45, 7) is 2.26. The summed E-state index contributed by atoms with van der Waals surface area (Å²) in [4.78, 5) is 9.30. The van der Waals surface area contributed by atoms with E-state index in [0.29, 0.717) is 6.42 Å². The number of rotatable bonds is 19. The van der Waals surface area contributed by atoms with Gasteiger partial charge in [0.05, 0.1) is 11.3 Å². The van der Waals surface area contributed by atoms with E-state index in [1.807, 2.05) is 0 Å². The Bertz CT molecular complexity index is 308. The van der Waals surface area contributed by atoms with Crippen molar-refractivity contribution in [3.8, 4) is 0 Å². The molecule has 0 fully saturated rings. The maximum atomic E-state index is 10.3. The molecule has 0 aliphatic carbocycles. The minimum Gasteiger partial charge on any atom is -0.307 e. The molecule has 0 aliphatic heterocycles. The summed E-state index contributed by atoms with van der Waals surface area (Å²) in [5.41, 5.74) is 0. The van der Waals surface area contributed by atoms with Crippen LogP contribution in [0.4, 0.5) is 0 Å². The van der Waals surface area contributed by atoms with E-state index in [4.69, 9.17) is 10.2 Å². The van der Waals surface area contributed by atoms with Crippen molar-refractivity contribution in [1.82, 2.24) is 0 Å². The number of unbranched alkanes of at least 4 members (excludes halogenated alkanes) is 16. The Morgan fingerprint density at radius 1 is 0.640 bits per heavy atom. The molecule has 0 atom stereocenters. The molecule has 0 saturated heterocycles. The zero-order valence-corrected chi connectivity index (χ0v) is 16.4. The highest BCUT2D eigenvalue weighted by atomic mass is 16.7. The van der Waals surface area contributed by atoms with Gasteiger partial charge in [-0.15, -0.1) is 0 Å². The van der Waals surface area contributed by atoms with Crippen LogP contribution in [0.5, 0.6) is 0 Å². The molecule has 0 aromatic heterocycles. The molecule has 0 bridgehead atoms. The van der Waals surface area contributed by atoms with E-state index in [9.17, 15) is 10.1 Å². The van der Waals surface area contributed by atoms with Crippen molar-refractivity contribution in [3.63, 3.8) is 0 Å². The number of nitro groups is 1. The minimum atomic E-state index is -2.74. The molecule has 0 radical (unpaired) electrons. The van der Waals surface area contributed by atoms with Gasteiger partial charge in [-0.25, -0.2) is 0 Å². The molecule has 0 rings (SSSR count). The van der Waals surface area contributed by atoms with Gasteiger partial charge >= 0.3 is 5.91 Å². The molecule has 25 heavy (non-hydrogen) atoms. The van der Waals surface area contributed by atoms with Gasteiger partial charge in [0.15, 0.2) is 0 Å². The Hall–Kier alpha value is -0.680. The monoisotopic (exact) mass is 359 g/mol. The van der Waals surface area contributed by atoms with Crippen molar-refractivity contribution in [3.05, 3.63) is 10.1 Å². The maximum Gasteiger partial charge on any atom is 0.437 e. The molecule has 0 aromatic rings. The predicted octanol–water partition coefficient (Wildman–Crippen LogP) is 5.94. The number of hydrogen-bond donors (Lipinski definition) is 2. The summed E-state index contributed by atoms with van der Waals surface area (Å²) >= 11 is 0. The van der Waals surface area contributed by atoms with Crippen LogP contribution in [0.1, 0.15) is 122 Å². The smallest absolute Gasteiger partial charge is 0.307 e. The molecule has 0 amide bonds. The highest BCUT2D eigenvalue weighted by molar-refractivity contribution is 4.53. The van der Waals surface area contributed by atoms with Gasteiger partial charge in [-0.05, 0) is 6.42 Å². The average Bonchev–Trinajstić information content (AvgIpc) is 2.57. The number of hydrogen-bond acceptors (Lipinski definition) is 4. The number of aliphatic hydroxyl groups is 2. The first kappa shape index (κ1) is 24.3. The van der Waals surface area contributed by atoms with Crippen LogP contribution >= 0.6 is 0 Å². The molecule has 0 unspecified atom stereocenters. The molecule has 0 heterocycles. The van der Waals surface area contributed by atoms with E-state index < -0.39 is 10.8 Å². The third-order valence-electron chi connectivity index (χ3n) is 4.91. The zero-order chi connectivity index (χ0) is 18.8. The first-order valence-corrected chi connectivity index (χ1v) is 10.6. The van der Waals surface area contributed by atoms with Crippen LogP contribution in [0, 0.1) is 10.1 Å². The summed E-state index contributed by atoms with van der Waals surface area (Å²) in [6, 6.07) is 0. The first-order chi connectivity index (χ1) is 12.0. The standard InChI is InChI=1S/C20H41NO4/c1-2-3-4-5-6-7-8-9-10-11-12-13-14-15-16-17-18-19-20(22,23)21(24)25/h22-23H,2-19H2,1H3. The molecule has 150 valence electrons. The quantitative estimate of drug-likeness (QED) is 0.129. The normalized spacial score (nSPS) is 11.8. The molecular formula is C20H41NO4. The molecule has 0 aliphatic rings. The van der Waals surface area contributed by atoms with E-state index >= 15 is 0 Å². The molecule has 0 saturated carbocycles. The lowest BCUT2D eigenvalue weighted by atomic mass is 10.0. The van der Waals surface area contributed by atoms with Crippen LogP contribution in [0.15, 0.2) is 0 Å². The molecule has 5 nitrogen and oxygen atoms in total. The van der Waals surface area contributed by atoms with Gasteiger partial charge in [0.25, 0.3) is 0 Å². The molecular weight excluding hydrogens is 318 g/mol. The van der Waals surface area contributed by atoms with Crippen LogP contribution in [-0.4, -0.2) is 21.0 Å². The van der Waals surface area contributed by atoms with Gasteiger partial charge < -0.3 is 10.2 Å². The second kappa shape index (κ2) is 16.8. The molecule has 5 heteroatoms. The fourth-order valence-electron chi connectivity index (χ4n) is 3.18. The predicted molar refractivity (Wildman–Crippen MR) is 103 cm³/mol. The molecule has 0 aromatic carbocycles. The van der Waals surface area contributed by atoms with Gasteiger partial charge in [0.2, 0.25) is 0 Å². The summed E-state index contributed by atoms with van der Waals surface area (Å²) in [6.07, 6.45) is 21.0. The van der Waals surface area contributed by atoms with E-state index in [2.05, 4.69) is 6.92 Å². The highest BCUT2D eigenvalue weighted by Gasteiger charge is 2.36. The Balaban J connectivity index is 3.13. The van der Waals surface area contributed by atoms with Gasteiger partial charge in [0.1, 0.15) is 0 Å². The third-order valence-corrected chi connectivity index (χ3v) is 4.91. The summed E-state index contributed by atoms with van der Waals surface area (Å²) in [7, 11) is 0. The van der Waals surface area contributed by atoms with Crippen molar-refractivity contribution in [2.45, 2.75) is 128 Å². The van der Waals surface area contributed by atoms with E-state index in [1.54, 1.807) is 0 Å². The van der Waals surface area contributed by atoms with E-state index in [1.165, 1.54) is 83.5 Å². The zero-order valence-electron chi connectivity index (χ0n) is 16.4. The van der Waals surface area contributed by atoms with Crippen molar-refractivity contribution in [2.75, 3.05) is 0 Å². The van der Waals surface area contributed by atoms with Gasteiger partial charge in [-0.1, -0.05) is 110 Å². The molecule has 0 spiro atoms. The van der Waals surface area contributed by atoms with Gasteiger partial charge in [0, 0.05) is 0 Å². The maximum absolute atomic E-state index is 10.3. The fourth-order valence-corrected chi connectivity index (χ4v) is 3.18. The second-order valence-electron chi connectivity index (χ2n) is 7.44. The topological polar surface area (TPSA) is 83.6 Å². The van der Waals surface area contributed by atoms with Gasteiger partial charge in [-0.3, -0.25) is 10.1 Å². The first-order valence-electron chi connectivity index (χ1n) is 10.6. The van der Waals surface area contributed by atoms with Crippen LogP contribution in [0.25, 0.3) is 0 Å². The van der Waals surface area contributed by atoms with Crippen LogP contribution in [-0.2, 0) is 0 Å².